The first kappa shape index (κ1) is 13.4. The van der Waals surface area contributed by atoms with Crippen LogP contribution in [0.5, 0.6) is 0 Å². The van der Waals surface area contributed by atoms with E-state index in [2.05, 4.69) is 10.5 Å². The third kappa shape index (κ3) is 3.05. The summed E-state index contributed by atoms with van der Waals surface area (Å²) in [4.78, 5) is 11.9. The summed E-state index contributed by atoms with van der Waals surface area (Å²) in [7, 11) is 0. The number of alkyl halides is 1. The minimum Gasteiger partial charge on any atom is -0.351 e. The molecular weight excluding hydrogens is 252 g/mol. The number of rotatable bonds is 4. The molecule has 0 aromatic carbocycles. The van der Waals surface area contributed by atoms with Crippen LogP contribution in [0.2, 0.25) is 0 Å². The van der Waals surface area contributed by atoms with Gasteiger partial charge in [0.2, 0.25) is 5.76 Å². The van der Waals surface area contributed by atoms with Crippen molar-refractivity contribution in [3.8, 4) is 0 Å². The molecule has 4 nitrogen and oxygen atoms in total. The van der Waals surface area contributed by atoms with E-state index in [0.29, 0.717) is 18.1 Å². The molecule has 0 radical (unpaired) electrons. The van der Waals surface area contributed by atoms with E-state index in [4.69, 9.17) is 16.1 Å². The van der Waals surface area contributed by atoms with Gasteiger partial charge in [0, 0.05) is 23.9 Å². The van der Waals surface area contributed by atoms with Gasteiger partial charge in [0.1, 0.15) is 0 Å². The van der Waals surface area contributed by atoms with E-state index in [1.807, 2.05) is 0 Å². The van der Waals surface area contributed by atoms with Gasteiger partial charge in [-0.3, -0.25) is 4.79 Å². The quantitative estimate of drug-likeness (QED) is 0.856. The van der Waals surface area contributed by atoms with E-state index in [-0.39, 0.29) is 17.1 Å². The maximum atomic E-state index is 11.9. The van der Waals surface area contributed by atoms with Gasteiger partial charge in [-0.25, -0.2) is 0 Å². The second kappa shape index (κ2) is 5.74. The number of carbonyl (C=O) groups is 1. The Morgan fingerprint density at radius 2 is 2.22 bits per heavy atom. The van der Waals surface area contributed by atoms with Gasteiger partial charge >= 0.3 is 0 Å². The molecule has 0 saturated heterocycles. The number of hydrogen-bond acceptors (Lipinski definition) is 3. The molecule has 1 aliphatic carbocycles. The third-order valence-electron chi connectivity index (χ3n) is 3.67. The Labute approximate surface area is 112 Å². The van der Waals surface area contributed by atoms with Crippen LogP contribution >= 0.6 is 11.6 Å². The molecule has 1 N–H and O–H groups in total. The normalized spacial score (nSPS) is 18.6. The second-order valence-electron chi connectivity index (χ2n) is 5.21. The van der Waals surface area contributed by atoms with Gasteiger partial charge in [-0.05, 0) is 19.8 Å². The fourth-order valence-electron chi connectivity index (χ4n) is 2.48. The molecule has 1 aliphatic rings. The lowest BCUT2D eigenvalue weighted by Gasteiger charge is -2.35. The van der Waals surface area contributed by atoms with Crippen molar-refractivity contribution in [1.82, 2.24) is 10.5 Å². The molecule has 0 spiro atoms. The summed E-state index contributed by atoms with van der Waals surface area (Å²) >= 11 is 6.08. The van der Waals surface area contributed by atoms with E-state index < -0.39 is 0 Å². The summed E-state index contributed by atoms with van der Waals surface area (Å²) in [5.41, 5.74) is 0.773. The van der Waals surface area contributed by atoms with Crippen LogP contribution in [-0.4, -0.2) is 23.5 Å². The molecule has 1 aromatic heterocycles. The smallest absolute Gasteiger partial charge is 0.289 e. The molecule has 0 aliphatic heterocycles. The predicted molar refractivity (Wildman–Crippen MR) is 69.8 cm³/mol. The average Bonchev–Trinajstić information content (AvgIpc) is 2.84. The van der Waals surface area contributed by atoms with Crippen molar-refractivity contribution in [2.24, 2.45) is 5.41 Å². The number of halogens is 1. The standard InChI is InChI=1S/C13H19ClN2O2/c1-10-7-11(18-16-10)12(17)15-9-13(8-14)5-3-2-4-6-13/h7H,2-6,8-9H2,1H3,(H,15,17). The number of aryl methyl sites for hydroxylation is 1. The van der Waals surface area contributed by atoms with E-state index >= 15 is 0 Å². The van der Waals surface area contributed by atoms with Crippen molar-refractivity contribution in [1.29, 1.82) is 0 Å². The van der Waals surface area contributed by atoms with Gasteiger partial charge in [0.05, 0.1) is 5.69 Å². The third-order valence-corrected chi connectivity index (χ3v) is 4.24. The van der Waals surface area contributed by atoms with Crippen LogP contribution < -0.4 is 5.32 Å². The molecule has 1 aromatic rings. The highest BCUT2D eigenvalue weighted by Gasteiger charge is 2.31. The molecule has 1 amide bonds. The maximum Gasteiger partial charge on any atom is 0.289 e. The van der Waals surface area contributed by atoms with Crippen LogP contribution in [0.15, 0.2) is 10.6 Å². The lowest BCUT2D eigenvalue weighted by Crippen LogP contribution is -2.40. The lowest BCUT2D eigenvalue weighted by molar-refractivity contribution is 0.0884. The van der Waals surface area contributed by atoms with E-state index in [1.165, 1.54) is 19.3 Å². The van der Waals surface area contributed by atoms with Crippen molar-refractivity contribution in [3.05, 3.63) is 17.5 Å². The first-order chi connectivity index (χ1) is 8.65. The molecule has 0 unspecified atom stereocenters. The largest absolute Gasteiger partial charge is 0.351 e. The Morgan fingerprint density at radius 3 is 2.78 bits per heavy atom. The van der Waals surface area contributed by atoms with Gasteiger partial charge < -0.3 is 9.84 Å². The minimum absolute atomic E-state index is 0.0601. The van der Waals surface area contributed by atoms with E-state index in [9.17, 15) is 4.79 Å². The van der Waals surface area contributed by atoms with Crippen molar-refractivity contribution >= 4 is 17.5 Å². The number of carbonyl (C=O) groups excluding carboxylic acids is 1. The van der Waals surface area contributed by atoms with Gasteiger partial charge in [0.25, 0.3) is 5.91 Å². The first-order valence-corrected chi connectivity index (χ1v) is 6.96. The van der Waals surface area contributed by atoms with E-state index in [1.54, 1.807) is 13.0 Å². The van der Waals surface area contributed by atoms with Gasteiger partial charge in [-0.1, -0.05) is 24.4 Å². The Morgan fingerprint density at radius 1 is 1.50 bits per heavy atom. The van der Waals surface area contributed by atoms with Crippen molar-refractivity contribution < 1.29 is 9.32 Å². The topological polar surface area (TPSA) is 55.1 Å². The van der Waals surface area contributed by atoms with Crippen LogP contribution in [0.1, 0.15) is 48.4 Å². The Kier molecular flexibility index (Phi) is 4.27. The van der Waals surface area contributed by atoms with Gasteiger partial charge in [0.15, 0.2) is 0 Å². The van der Waals surface area contributed by atoms with E-state index in [0.717, 1.165) is 12.8 Å². The Balaban J connectivity index is 1.91. The van der Waals surface area contributed by atoms with Crippen LogP contribution in [0.25, 0.3) is 0 Å². The highest BCUT2D eigenvalue weighted by molar-refractivity contribution is 6.18. The van der Waals surface area contributed by atoms with Crippen LogP contribution in [0.3, 0.4) is 0 Å². The van der Waals surface area contributed by atoms with Gasteiger partial charge in [-0.2, -0.15) is 0 Å². The summed E-state index contributed by atoms with van der Waals surface area (Å²) in [6, 6.07) is 1.64. The molecule has 1 saturated carbocycles. The number of aromatic nitrogens is 1. The second-order valence-corrected chi connectivity index (χ2v) is 5.48. The fourth-order valence-corrected chi connectivity index (χ4v) is 2.85. The molecule has 0 atom stereocenters. The zero-order chi connectivity index (χ0) is 13.0. The molecule has 100 valence electrons. The number of nitrogens with one attached hydrogen (secondary N) is 1. The monoisotopic (exact) mass is 270 g/mol. The van der Waals surface area contributed by atoms with Crippen LogP contribution in [0.4, 0.5) is 0 Å². The summed E-state index contributed by atoms with van der Waals surface area (Å²) in [5, 5.41) is 6.62. The van der Waals surface area contributed by atoms with Crippen molar-refractivity contribution in [3.63, 3.8) is 0 Å². The molecule has 2 rings (SSSR count). The highest BCUT2D eigenvalue weighted by atomic mass is 35.5. The molecular formula is C13H19ClN2O2. The summed E-state index contributed by atoms with van der Waals surface area (Å²) in [5.74, 6) is 0.668. The summed E-state index contributed by atoms with van der Waals surface area (Å²) in [6.07, 6.45) is 5.85. The lowest BCUT2D eigenvalue weighted by atomic mass is 9.75. The minimum atomic E-state index is -0.203. The molecule has 1 heterocycles. The Hall–Kier alpha value is -1.03. The SMILES string of the molecule is Cc1cc(C(=O)NCC2(CCl)CCCCC2)on1. The molecule has 18 heavy (non-hydrogen) atoms. The van der Waals surface area contributed by atoms with Crippen LogP contribution in [0, 0.1) is 12.3 Å². The Bertz CT molecular complexity index is 411. The predicted octanol–water partition coefficient (Wildman–Crippen LogP) is 2.90. The number of nitrogens with zero attached hydrogens (tertiary/aromatic N) is 1. The number of hydrogen-bond donors (Lipinski definition) is 1. The highest BCUT2D eigenvalue weighted by Crippen LogP contribution is 2.36. The maximum absolute atomic E-state index is 11.9. The molecule has 5 heteroatoms. The van der Waals surface area contributed by atoms with Crippen molar-refractivity contribution in [2.75, 3.05) is 12.4 Å². The van der Waals surface area contributed by atoms with Crippen molar-refractivity contribution in [2.45, 2.75) is 39.0 Å². The fraction of sp³-hybridized carbons (Fsp3) is 0.692. The zero-order valence-electron chi connectivity index (χ0n) is 10.7. The number of amides is 1. The zero-order valence-corrected chi connectivity index (χ0v) is 11.4. The van der Waals surface area contributed by atoms with Gasteiger partial charge in [-0.15, -0.1) is 11.6 Å². The summed E-state index contributed by atoms with van der Waals surface area (Å²) < 4.78 is 4.94. The molecule has 1 fully saturated rings. The first-order valence-electron chi connectivity index (χ1n) is 6.43. The van der Waals surface area contributed by atoms with Crippen LogP contribution in [-0.2, 0) is 0 Å². The summed E-state index contributed by atoms with van der Waals surface area (Å²) in [6.45, 7) is 2.41. The molecule has 0 bridgehead atoms. The average molecular weight is 271 g/mol.